The standard InChI is InChI=1S/C10H20N2O3/c1-7(2)8(6-10(14)15)12-9(13)4-3-5-11/h7-8H,3-6,11H2,1-2H3,(H,12,13)(H,14,15). The van der Waals surface area contributed by atoms with Crippen molar-refractivity contribution in [1.29, 1.82) is 0 Å². The maximum Gasteiger partial charge on any atom is 0.305 e. The van der Waals surface area contributed by atoms with Crippen molar-refractivity contribution in [3.05, 3.63) is 0 Å². The van der Waals surface area contributed by atoms with E-state index in [9.17, 15) is 9.59 Å². The van der Waals surface area contributed by atoms with E-state index in [-0.39, 0.29) is 24.3 Å². The van der Waals surface area contributed by atoms with Crippen LogP contribution in [-0.2, 0) is 9.59 Å². The highest BCUT2D eigenvalue weighted by molar-refractivity contribution is 5.77. The Kier molecular flexibility index (Phi) is 6.70. The predicted octanol–water partition coefficient (Wildman–Crippen LogP) is 0.341. The molecule has 1 unspecified atom stereocenters. The molecule has 0 aromatic heterocycles. The van der Waals surface area contributed by atoms with Crippen LogP contribution in [0.25, 0.3) is 0 Å². The summed E-state index contributed by atoms with van der Waals surface area (Å²) in [4.78, 5) is 21.9. The third-order valence-electron chi connectivity index (χ3n) is 2.15. The number of hydrogen-bond acceptors (Lipinski definition) is 3. The first-order chi connectivity index (χ1) is 6.97. The van der Waals surface area contributed by atoms with Crippen molar-refractivity contribution in [3.8, 4) is 0 Å². The lowest BCUT2D eigenvalue weighted by atomic mass is 10.0. The molecule has 0 spiro atoms. The Labute approximate surface area is 90.0 Å². The molecular formula is C10H20N2O3. The van der Waals surface area contributed by atoms with Crippen LogP contribution in [0.2, 0.25) is 0 Å². The maximum absolute atomic E-state index is 11.3. The molecule has 4 N–H and O–H groups in total. The lowest BCUT2D eigenvalue weighted by Gasteiger charge is -2.20. The topological polar surface area (TPSA) is 92.4 Å². The molecule has 0 aromatic carbocycles. The molecule has 0 saturated heterocycles. The number of nitrogens with one attached hydrogen (secondary N) is 1. The minimum absolute atomic E-state index is 0.0357. The molecule has 0 aliphatic carbocycles. The molecule has 5 heteroatoms. The van der Waals surface area contributed by atoms with Gasteiger partial charge in [0, 0.05) is 12.5 Å². The van der Waals surface area contributed by atoms with Gasteiger partial charge in [-0.05, 0) is 18.9 Å². The van der Waals surface area contributed by atoms with Crippen molar-refractivity contribution in [1.82, 2.24) is 5.32 Å². The van der Waals surface area contributed by atoms with Gasteiger partial charge in [-0.1, -0.05) is 13.8 Å². The highest BCUT2D eigenvalue weighted by Gasteiger charge is 2.18. The molecule has 0 aliphatic heterocycles. The summed E-state index contributed by atoms with van der Waals surface area (Å²) in [5.41, 5.74) is 5.27. The van der Waals surface area contributed by atoms with Crippen LogP contribution in [0.15, 0.2) is 0 Å². The highest BCUT2D eigenvalue weighted by atomic mass is 16.4. The number of carbonyl (C=O) groups excluding carboxylic acids is 1. The van der Waals surface area contributed by atoms with Gasteiger partial charge in [0.25, 0.3) is 0 Å². The van der Waals surface area contributed by atoms with E-state index in [1.807, 2.05) is 13.8 Å². The monoisotopic (exact) mass is 216 g/mol. The smallest absolute Gasteiger partial charge is 0.305 e. The molecule has 0 rings (SSSR count). The van der Waals surface area contributed by atoms with E-state index in [1.165, 1.54) is 0 Å². The molecule has 0 bridgehead atoms. The van der Waals surface area contributed by atoms with Gasteiger partial charge in [-0.15, -0.1) is 0 Å². The summed E-state index contributed by atoms with van der Waals surface area (Å²) in [6.07, 6.45) is 0.953. The number of amides is 1. The molecular weight excluding hydrogens is 196 g/mol. The van der Waals surface area contributed by atoms with Crippen LogP contribution < -0.4 is 11.1 Å². The number of hydrogen-bond donors (Lipinski definition) is 3. The zero-order chi connectivity index (χ0) is 11.8. The highest BCUT2D eigenvalue weighted by Crippen LogP contribution is 2.06. The molecule has 5 nitrogen and oxygen atoms in total. The Morgan fingerprint density at radius 1 is 1.40 bits per heavy atom. The number of carboxylic acid groups (broad SMARTS) is 1. The quantitative estimate of drug-likeness (QED) is 0.572. The molecule has 0 radical (unpaired) electrons. The van der Waals surface area contributed by atoms with Crippen molar-refractivity contribution in [3.63, 3.8) is 0 Å². The van der Waals surface area contributed by atoms with Gasteiger partial charge >= 0.3 is 5.97 Å². The van der Waals surface area contributed by atoms with Gasteiger partial charge in [0.2, 0.25) is 5.91 Å². The van der Waals surface area contributed by atoms with Crippen LogP contribution in [0, 0.1) is 5.92 Å². The molecule has 0 saturated carbocycles. The summed E-state index contributed by atoms with van der Waals surface area (Å²) < 4.78 is 0. The van der Waals surface area contributed by atoms with Crippen LogP contribution in [0.4, 0.5) is 0 Å². The first-order valence-corrected chi connectivity index (χ1v) is 5.18. The van der Waals surface area contributed by atoms with E-state index in [1.54, 1.807) is 0 Å². The van der Waals surface area contributed by atoms with E-state index < -0.39 is 5.97 Å². The van der Waals surface area contributed by atoms with Gasteiger partial charge < -0.3 is 16.2 Å². The molecule has 15 heavy (non-hydrogen) atoms. The van der Waals surface area contributed by atoms with E-state index in [0.29, 0.717) is 19.4 Å². The zero-order valence-electron chi connectivity index (χ0n) is 9.32. The molecule has 88 valence electrons. The predicted molar refractivity (Wildman–Crippen MR) is 57.3 cm³/mol. The van der Waals surface area contributed by atoms with Gasteiger partial charge in [-0.2, -0.15) is 0 Å². The van der Waals surface area contributed by atoms with Crippen molar-refractivity contribution < 1.29 is 14.7 Å². The van der Waals surface area contributed by atoms with Crippen LogP contribution in [0.1, 0.15) is 33.1 Å². The van der Waals surface area contributed by atoms with E-state index >= 15 is 0 Å². The van der Waals surface area contributed by atoms with Crippen LogP contribution >= 0.6 is 0 Å². The average Bonchev–Trinajstić information content (AvgIpc) is 2.12. The Bertz CT molecular complexity index is 217. The fourth-order valence-electron chi connectivity index (χ4n) is 1.18. The summed E-state index contributed by atoms with van der Waals surface area (Å²) in [6, 6.07) is -0.298. The van der Waals surface area contributed by atoms with Crippen molar-refractivity contribution in [2.24, 2.45) is 11.7 Å². The second-order valence-electron chi connectivity index (χ2n) is 3.91. The molecule has 0 heterocycles. The fourth-order valence-corrected chi connectivity index (χ4v) is 1.18. The summed E-state index contributed by atoms with van der Waals surface area (Å²) in [7, 11) is 0. The number of aliphatic carboxylic acids is 1. The zero-order valence-corrected chi connectivity index (χ0v) is 9.32. The normalized spacial score (nSPS) is 12.5. The van der Waals surface area contributed by atoms with Crippen molar-refractivity contribution in [2.45, 2.75) is 39.2 Å². The SMILES string of the molecule is CC(C)C(CC(=O)O)NC(=O)CCCN. The molecule has 0 aliphatic rings. The number of rotatable bonds is 7. The number of carboxylic acids is 1. The average molecular weight is 216 g/mol. The molecule has 0 fully saturated rings. The third-order valence-corrected chi connectivity index (χ3v) is 2.15. The van der Waals surface area contributed by atoms with Crippen LogP contribution in [0.5, 0.6) is 0 Å². The first-order valence-electron chi connectivity index (χ1n) is 5.18. The van der Waals surface area contributed by atoms with Gasteiger partial charge in [0.1, 0.15) is 0 Å². The Balaban J connectivity index is 4.04. The van der Waals surface area contributed by atoms with E-state index in [4.69, 9.17) is 10.8 Å². The van der Waals surface area contributed by atoms with Crippen molar-refractivity contribution in [2.75, 3.05) is 6.54 Å². The Morgan fingerprint density at radius 3 is 2.40 bits per heavy atom. The molecule has 1 amide bonds. The minimum atomic E-state index is -0.896. The summed E-state index contributed by atoms with van der Waals surface area (Å²) >= 11 is 0. The molecule has 1 atom stereocenters. The third kappa shape index (κ3) is 6.90. The van der Waals surface area contributed by atoms with E-state index in [0.717, 1.165) is 0 Å². The largest absolute Gasteiger partial charge is 0.481 e. The van der Waals surface area contributed by atoms with Gasteiger partial charge in [-0.3, -0.25) is 9.59 Å². The summed E-state index contributed by atoms with van der Waals surface area (Å²) in [5, 5.41) is 11.4. The minimum Gasteiger partial charge on any atom is -0.481 e. The lowest BCUT2D eigenvalue weighted by molar-refractivity contribution is -0.138. The second kappa shape index (κ2) is 7.23. The molecule has 0 aromatic rings. The Morgan fingerprint density at radius 2 is 2.00 bits per heavy atom. The number of nitrogens with two attached hydrogens (primary N) is 1. The van der Waals surface area contributed by atoms with Crippen LogP contribution in [-0.4, -0.2) is 29.6 Å². The van der Waals surface area contributed by atoms with Gasteiger partial charge in [-0.25, -0.2) is 0 Å². The summed E-state index contributed by atoms with van der Waals surface area (Å²) in [6.45, 7) is 4.24. The van der Waals surface area contributed by atoms with Crippen molar-refractivity contribution >= 4 is 11.9 Å². The summed E-state index contributed by atoms with van der Waals surface area (Å²) in [5.74, 6) is -0.906. The Hall–Kier alpha value is -1.10. The number of carbonyl (C=O) groups is 2. The lowest BCUT2D eigenvalue weighted by Crippen LogP contribution is -2.40. The fraction of sp³-hybridized carbons (Fsp3) is 0.800. The second-order valence-corrected chi connectivity index (χ2v) is 3.91. The van der Waals surface area contributed by atoms with E-state index in [2.05, 4.69) is 5.32 Å². The first kappa shape index (κ1) is 13.9. The van der Waals surface area contributed by atoms with Gasteiger partial charge in [0.05, 0.1) is 6.42 Å². The maximum atomic E-state index is 11.3. The van der Waals surface area contributed by atoms with Crippen LogP contribution in [0.3, 0.4) is 0 Å². The van der Waals surface area contributed by atoms with Gasteiger partial charge in [0.15, 0.2) is 0 Å².